The summed E-state index contributed by atoms with van der Waals surface area (Å²) in [6, 6.07) is 10.5. The molecule has 0 spiro atoms. The van der Waals surface area contributed by atoms with E-state index in [1.807, 2.05) is 52.0 Å². The van der Waals surface area contributed by atoms with Crippen LogP contribution in [0.4, 0.5) is 0 Å². The van der Waals surface area contributed by atoms with E-state index in [4.69, 9.17) is 0 Å². The van der Waals surface area contributed by atoms with E-state index in [0.29, 0.717) is 5.92 Å². The molecule has 1 aromatic carbocycles. The maximum absolute atomic E-state index is 3.86. The summed E-state index contributed by atoms with van der Waals surface area (Å²) >= 11 is 0. The van der Waals surface area contributed by atoms with Crippen molar-refractivity contribution < 1.29 is 0 Å². The summed E-state index contributed by atoms with van der Waals surface area (Å²) < 4.78 is 0. The van der Waals surface area contributed by atoms with Crippen molar-refractivity contribution in [3.8, 4) is 0 Å². The standard InChI is InChI=1S/C15H18.2C2H6/c1-4-10-13(5-2)15(6-3)14-11-8-7-9-12-14;2*1-2/h4-5,7-12,15H,1-2,6H2,3H3;2*1-2H3/b13-10+;;. The van der Waals surface area contributed by atoms with Crippen molar-refractivity contribution in [2.45, 2.75) is 47.0 Å². The second-order valence-electron chi connectivity index (χ2n) is 3.48. The first kappa shape index (κ1) is 19.8. The Morgan fingerprint density at radius 1 is 1.05 bits per heavy atom. The van der Waals surface area contributed by atoms with E-state index >= 15 is 0 Å². The van der Waals surface area contributed by atoms with Crippen LogP contribution in [0, 0.1) is 0 Å². The first-order valence-electron chi connectivity index (χ1n) is 7.33. The second-order valence-corrected chi connectivity index (χ2v) is 3.48. The van der Waals surface area contributed by atoms with Gasteiger partial charge in [-0.3, -0.25) is 0 Å². The highest BCUT2D eigenvalue weighted by molar-refractivity contribution is 5.35. The van der Waals surface area contributed by atoms with Gasteiger partial charge in [0.2, 0.25) is 0 Å². The molecule has 19 heavy (non-hydrogen) atoms. The van der Waals surface area contributed by atoms with Gasteiger partial charge in [0, 0.05) is 5.92 Å². The summed E-state index contributed by atoms with van der Waals surface area (Å²) in [6.45, 7) is 17.8. The van der Waals surface area contributed by atoms with Crippen LogP contribution < -0.4 is 0 Å². The van der Waals surface area contributed by atoms with Crippen LogP contribution in [0.1, 0.15) is 52.5 Å². The summed E-state index contributed by atoms with van der Waals surface area (Å²) in [6.07, 6.45) is 6.86. The molecule has 0 aromatic heterocycles. The molecule has 0 saturated carbocycles. The van der Waals surface area contributed by atoms with Crippen LogP contribution in [0.5, 0.6) is 0 Å². The highest BCUT2D eigenvalue weighted by Gasteiger charge is 2.10. The number of rotatable bonds is 5. The summed E-state index contributed by atoms with van der Waals surface area (Å²) in [5, 5.41) is 0. The van der Waals surface area contributed by atoms with Crippen LogP contribution in [0.3, 0.4) is 0 Å². The topological polar surface area (TPSA) is 0 Å². The fourth-order valence-corrected chi connectivity index (χ4v) is 1.81. The van der Waals surface area contributed by atoms with E-state index in [1.165, 1.54) is 11.1 Å². The first-order chi connectivity index (χ1) is 9.33. The summed E-state index contributed by atoms with van der Waals surface area (Å²) in [5.41, 5.74) is 2.58. The highest BCUT2D eigenvalue weighted by atomic mass is 14.1. The molecule has 1 rings (SSSR count). The molecule has 0 aliphatic rings. The van der Waals surface area contributed by atoms with Gasteiger partial charge in [-0.1, -0.05) is 96.3 Å². The Labute approximate surface area is 120 Å². The van der Waals surface area contributed by atoms with Crippen molar-refractivity contribution in [1.82, 2.24) is 0 Å². The molecule has 0 saturated heterocycles. The van der Waals surface area contributed by atoms with E-state index in [-0.39, 0.29) is 0 Å². The Bertz CT molecular complexity index is 344. The molecule has 106 valence electrons. The minimum atomic E-state index is 0.432. The van der Waals surface area contributed by atoms with Gasteiger partial charge >= 0.3 is 0 Å². The van der Waals surface area contributed by atoms with Crippen molar-refractivity contribution in [2.24, 2.45) is 0 Å². The van der Waals surface area contributed by atoms with Crippen molar-refractivity contribution >= 4 is 0 Å². The molecular formula is C19H30. The fourth-order valence-electron chi connectivity index (χ4n) is 1.81. The minimum absolute atomic E-state index is 0.432. The average Bonchev–Trinajstić information content (AvgIpc) is 2.52. The normalized spacial score (nSPS) is 11.1. The van der Waals surface area contributed by atoms with Gasteiger partial charge in [0.15, 0.2) is 0 Å². The summed E-state index contributed by atoms with van der Waals surface area (Å²) in [5.74, 6) is 0.432. The van der Waals surface area contributed by atoms with Crippen LogP contribution >= 0.6 is 0 Å². The van der Waals surface area contributed by atoms with Crippen molar-refractivity contribution in [2.75, 3.05) is 0 Å². The lowest BCUT2D eigenvalue weighted by Crippen LogP contribution is -1.99. The van der Waals surface area contributed by atoms with Gasteiger partial charge in [-0.15, -0.1) is 0 Å². The van der Waals surface area contributed by atoms with Crippen molar-refractivity contribution in [1.29, 1.82) is 0 Å². The molecule has 0 amide bonds. The molecule has 0 aliphatic heterocycles. The molecule has 0 heterocycles. The third-order valence-corrected chi connectivity index (χ3v) is 2.56. The fraction of sp³-hybridized carbons (Fsp3) is 0.368. The van der Waals surface area contributed by atoms with Crippen molar-refractivity contribution in [3.05, 3.63) is 72.9 Å². The molecule has 0 fully saturated rings. The molecule has 0 N–H and O–H groups in total. The molecule has 0 bridgehead atoms. The predicted molar refractivity (Wildman–Crippen MR) is 90.6 cm³/mol. The SMILES string of the molecule is C=C/C=C(\C=C)C(CC)c1ccccc1.CC.CC. The van der Waals surface area contributed by atoms with Crippen LogP contribution in [0.25, 0.3) is 0 Å². The van der Waals surface area contributed by atoms with E-state index in [1.54, 1.807) is 0 Å². The molecule has 0 radical (unpaired) electrons. The van der Waals surface area contributed by atoms with Gasteiger partial charge < -0.3 is 0 Å². The molecular weight excluding hydrogens is 228 g/mol. The molecule has 1 aromatic rings. The second kappa shape index (κ2) is 14.5. The summed E-state index contributed by atoms with van der Waals surface area (Å²) in [4.78, 5) is 0. The molecule has 1 atom stereocenters. The van der Waals surface area contributed by atoms with E-state index in [9.17, 15) is 0 Å². The molecule has 0 heteroatoms. The van der Waals surface area contributed by atoms with Crippen LogP contribution in [-0.4, -0.2) is 0 Å². The minimum Gasteiger partial charge on any atom is -0.0991 e. The molecule has 0 aliphatic carbocycles. The number of benzene rings is 1. The lowest BCUT2D eigenvalue weighted by Gasteiger charge is -2.16. The Balaban J connectivity index is 0. The Kier molecular flexibility index (Phi) is 15.1. The lowest BCUT2D eigenvalue weighted by atomic mass is 9.88. The zero-order chi connectivity index (χ0) is 15.1. The van der Waals surface area contributed by atoms with E-state index in [0.717, 1.165) is 6.42 Å². The largest absolute Gasteiger partial charge is 0.0991 e. The third-order valence-electron chi connectivity index (χ3n) is 2.56. The molecule has 0 nitrogen and oxygen atoms in total. The van der Waals surface area contributed by atoms with Crippen LogP contribution in [0.2, 0.25) is 0 Å². The quantitative estimate of drug-likeness (QED) is 0.527. The lowest BCUT2D eigenvalue weighted by molar-refractivity contribution is 0.777. The number of hydrogen-bond acceptors (Lipinski definition) is 0. The van der Waals surface area contributed by atoms with Crippen LogP contribution in [0.15, 0.2) is 67.3 Å². The Hall–Kier alpha value is -1.56. The smallest absolute Gasteiger partial charge is 0.00865 e. The summed E-state index contributed by atoms with van der Waals surface area (Å²) in [7, 11) is 0. The Morgan fingerprint density at radius 3 is 1.95 bits per heavy atom. The van der Waals surface area contributed by atoms with E-state index in [2.05, 4.69) is 44.3 Å². The average molecular weight is 258 g/mol. The van der Waals surface area contributed by atoms with E-state index < -0.39 is 0 Å². The maximum Gasteiger partial charge on any atom is 0.00865 e. The van der Waals surface area contributed by atoms with Gasteiger partial charge in [-0.05, 0) is 17.6 Å². The zero-order valence-electron chi connectivity index (χ0n) is 13.3. The Morgan fingerprint density at radius 2 is 1.58 bits per heavy atom. The first-order valence-corrected chi connectivity index (χ1v) is 7.33. The predicted octanol–water partition coefficient (Wildman–Crippen LogP) is 6.53. The zero-order valence-corrected chi connectivity index (χ0v) is 13.3. The number of allylic oxidation sites excluding steroid dienone is 4. The van der Waals surface area contributed by atoms with Gasteiger partial charge in [-0.25, -0.2) is 0 Å². The van der Waals surface area contributed by atoms with Gasteiger partial charge in [0.1, 0.15) is 0 Å². The van der Waals surface area contributed by atoms with Gasteiger partial charge in [0.25, 0.3) is 0 Å². The van der Waals surface area contributed by atoms with Crippen LogP contribution in [-0.2, 0) is 0 Å². The third kappa shape index (κ3) is 7.46. The molecule has 1 unspecified atom stereocenters. The van der Waals surface area contributed by atoms with Crippen molar-refractivity contribution in [3.63, 3.8) is 0 Å². The number of hydrogen-bond donors (Lipinski definition) is 0. The highest BCUT2D eigenvalue weighted by Crippen LogP contribution is 2.28. The van der Waals surface area contributed by atoms with Gasteiger partial charge in [0.05, 0.1) is 0 Å². The van der Waals surface area contributed by atoms with Gasteiger partial charge in [-0.2, -0.15) is 0 Å². The monoisotopic (exact) mass is 258 g/mol. The maximum atomic E-state index is 3.86.